The van der Waals surface area contributed by atoms with Gasteiger partial charge in [-0.1, -0.05) is 0 Å². The molecule has 1 fully saturated rings. The molecule has 1 aliphatic rings. The summed E-state index contributed by atoms with van der Waals surface area (Å²) in [4.78, 5) is 6.69. The number of anilines is 1. The summed E-state index contributed by atoms with van der Waals surface area (Å²) in [7, 11) is 2.04. The van der Waals surface area contributed by atoms with Crippen molar-refractivity contribution in [3.05, 3.63) is 24.0 Å². The van der Waals surface area contributed by atoms with Gasteiger partial charge in [0.05, 0.1) is 0 Å². The second kappa shape index (κ2) is 4.57. The van der Waals surface area contributed by atoms with Crippen molar-refractivity contribution in [1.82, 2.24) is 19.9 Å². The average Bonchev–Trinajstić information content (AvgIpc) is 2.85. The Kier molecular flexibility index (Phi) is 2.91. The number of nitrogens with zero attached hydrogens (tertiary/aromatic N) is 4. The third kappa shape index (κ3) is 1.95. The van der Waals surface area contributed by atoms with E-state index in [9.17, 15) is 0 Å². The molecule has 5 nitrogen and oxygen atoms in total. The minimum atomic E-state index is 0.567. The van der Waals surface area contributed by atoms with E-state index in [2.05, 4.69) is 39.4 Å². The zero-order valence-electron chi connectivity index (χ0n) is 10.9. The van der Waals surface area contributed by atoms with Crippen LogP contribution < -0.4 is 10.2 Å². The first-order valence-corrected chi connectivity index (χ1v) is 6.50. The molecule has 0 aliphatic carbocycles. The molecule has 2 aromatic rings. The minimum Gasteiger partial charge on any atom is -0.355 e. The first kappa shape index (κ1) is 11.5. The molecular weight excluding hydrogens is 226 g/mol. The van der Waals surface area contributed by atoms with E-state index in [0.29, 0.717) is 6.04 Å². The van der Waals surface area contributed by atoms with Crippen LogP contribution >= 0.6 is 0 Å². The second-order valence-electron chi connectivity index (χ2n) is 4.99. The van der Waals surface area contributed by atoms with Crippen LogP contribution in [0.1, 0.15) is 18.4 Å². The maximum absolute atomic E-state index is 4.33. The lowest BCUT2D eigenvalue weighted by molar-refractivity contribution is 0.446. The standard InChI is InChI=1S/C13H19N5/c1-10-6-12-15-9-16-18(12)13(7-10)17-5-3-4-11(8-17)14-2/h6-7,9,11,14H,3-5,8H2,1-2H3. The molecule has 3 heterocycles. The van der Waals surface area contributed by atoms with Crippen molar-refractivity contribution in [2.24, 2.45) is 0 Å². The molecule has 3 rings (SSSR count). The zero-order valence-corrected chi connectivity index (χ0v) is 10.9. The Hall–Kier alpha value is -1.62. The van der Waals surface area contributed by atoms with Crippen LogP contribution in [0.15, 0.2) is 18.5 Å². The van der Waals surface area contributed by atoms with E-state index in [1.807, 2.05) is 11.6 Å². The van der Waals surface area contributed by atoms with Crippen LogP contribution in [-0.4, -0.2) is 40.8 Å². The largest absolute Gasteiger partial charge is 0.355 e. The summed E-state index contributed by atoms with van der Waals surface area (Å²) in [5.41, 5.74) is 2.16. The number of likely N-dealkylation sites (N-methyl/N-ethyl adjacent to an activating group) is 1. The third-order valence-electron chi connectivity index (χ3n) is 3.66. The van der Waals surface area contributed by atoms with E-state index in [1.54, 1.807) is 6.33 Å². The summed E-state index contributed by atoms with van der Waals surface area (Å²) >= 11 is 0. The van der Waals surface area contributed by atoms with Gasteiger partial charge in [-0.15, -0.1) is 0 Å². The lowest BCUT2D eigenvalue weighted by Gasteiger charge is -2.34. The number of aromatic nitrogens is 3. The van der Waals surface area contributed by atoms with Crippen molar-refractivity contribution in [2.45, 2.75) is 25.8 Å². The molecule has 0 saturated carbocycles. The quantitative estimate of drug-likeness (QED) is 0.864. The molecule has 0 amide bonds. The molecule has 1 unspecified atom stereocenters. The van der Waals surface area contributed by atoms with E-state index in [-0.39, 0.29) is 0 Å². The van der Waals surface area contributed by atoms with Crippen LogP contribution in [0.5, 0.6) is 0 Å². The van der Waals surface area contributed by atoms with Crippen molar-refractivity contribution in [2.75, 3.05) is 25.0 Å². The SMILES string of the molecule is CNC1CCCN(c2cc(C)cc3ncnn23)C1. The van der Waals surface area contributed by atoms with Gasteiger partial charge in [0.25, 0.3) is 0 Å². The van der Waals surface area contributed by atoms with Crippen LogP contribution in [0.2, 0.25) is 0 Å². The normalized spacial score (nSPS) is 20.6. The van der Waals surface area contributed by atoms with Crippen molar-refractivity contribution >= 4 is 11.5 Å². The molecule has 0 spiro atoms. The number of fused-ring (bicyclic) bond motifs is 1. The highest BCUT2D eigenvalue weighted by atomic mass is 15.4. The lowest BCUT2D eigenvalue weighted by Crippen LogP contribution is -2.45. The predicted octanol–water partition coefficient (Wildman–Crippen LogP) is 1.23. The highest BCUT2D eigenvalue weighted by Gasteiger charge is 2.21. The first-order chi connectivity index (χ1) is 8.78. The van der Waals surface area contributed by atoms with Crippen LogP contribution in [0, 0.1) is 6.92 Å². The molecule has 18 heavy (non-hydrogen) atoms. The van der Waals surface area contributed by atoms with E-state index in [4.69, 9.17) is 0 Å². The molecule has 0 bridgehead atoms. The first-order valence-electron chi connectivity index (χ1n) is 6.50. The van der Waals surface area contributed by atoms with Gasteiger partial charge in [0.1, 0.15) is 12.1 Å². The molecule has 2 aromatic heterocycles. The summed E-state index contributed by atoms with van der Waals surface area (Å²) in [5, 5.41) is 7.70. The molecule has 0 radical (unpaired) electrons. The summed E-state index contributed by atoms with van der Waals surface area (Å²) in [6, 6.07) is 4.83. The molecule has 1 aliphatic heterocycles. The van der Waals surface area contributed by atoms with E-state index in [0.717, 1.165) is 24.6 Å². The van der Waals surface area contributed by atoms with E-state index < -0.39 is 0 Å². The molecule has 1 atom stereocenters. The number of piperidine rings is 1. The fourth-order valence-electron chi connectivity index (χ4n) is 2.68. The number of hydrogen-bond donors (Lipinski definition) is 1. The Bertz CT molecular complexity index is 547. The highest BCUT2D eigenvalue weighted by Crippen LogP contribution is 2.21. The second-order valence-corrected chi connectivity index (χ2v) is 4.99. The van der Waals surface area contributed by atoms with Crippen molar-refractivity contribution in [1.29, 1.82) is 0 Å². The van der Waals surface area contributed by atoms with Gasteiger partial charge in [-0.2, -0.15) is 9.61 Å². The van der Waals surface area contributed by atoms with Gasteiger partial charge in [-0.05, 0) is 44.5 Å². The van der Waals surface area contributed by atoms with Crippen LogP contribution in [0.4, 0.5) is 5.82 Å². The maximum atomic E-state index is 4.33. The summed E-state index contributed by atoms with van der Waals surface area (Å²) < 4.78 is 1.94. The maximum Gasteiger partial charge on any atom is 0.157 e. The highest BCUT2D eigenvalue weighted by molar-refractivity contribution is 5.53. The van der Waals surface area contributed by atoms with Gasteiger partial charge in [0.15, 0.2) is 5.65 Å². The number of hydrogen-bond acceptors (Lipinski definition) is 4. The topological polar surface area (TPSA) is 45.5 Å². The zero-order chi connectivity index (χ0) is 12.5. The van der Waals surface area contributed by atoms with Crippen LogP contribution in [-0.2, 0) is 0 Å². The number of rotatable bonds is 2. The van der Waals surface area contributed by atoms with E-state index in [1.165, 1.54) is 18.4 Å². The van der Waals surface area contributed by atoms with Gasteiger partial charge in [0, 0.05) is 19.1 Å². The Morgan fingerprint density at radius 2 is 2.28 bits per heavy atom. The number of aryl methyl sites for hydroxylation is 1. The molecule has 0 aromatic carbocycles. The molecule has 96 valence electrons. The van der Waals surface area contributed by atoms with Crippen molar-refractivity contribution in [3.8, 4) is 0 Å². The Morgan fingerprint density at radius 3 is 3.11 bits per heavy atom. The van der Waals surface area contributed by atoms with Crippen molar-refractivity contribution in [3.63, 3.8) is 0 Å². The average molecular weight is 245 g/mol. The van der Waals surface area contributed by atoms with Crippen LogP contribution in [0.25, 0.3) is 5.65 Å². The minimum absolute atomic E-state index is 0.567. The number of pyridine rings is 1. The predicted molar refractivity (Wildman–Crippen MR) is 72.0 cm³/mol. The summed E-state index contributed by atoms with van der Waals surface area (Å²) in [6.45, 7) is 4.24. The van der Waals surface area contributed by atoms with Crippen LogP contribution in [0.3, 0.4) is 0 Å². The van der Waals surface area contributed by atoms with Gasteiger partial charge >= 0.3 is 0 Å². The van der Waals surface area contributed by atoms with Crippen molar-refractivity contribution < 1.29 is 0 Å². The third-order valence-corrected chi connectivity index (χ3v) is 3.66. The van der Waals surface area contributed by atoms with Gasteiger partial charge in [-0.3, -0.25) is 0 Å². The molecule has 1 saturated heterocycles. The Labute approximate surface area is 107 Å². The monoisotopic (exact) mass is 245 g/mol. The molecule has 1 N–H and O–H groups in total. The lowest BCUT2D eigenvalue weighted by atomic mass is 10.1. The van der Waals surface area contributed by atoms with Gasteiger partial charge < -0.3 is 10.2 Å². The Morgan fingerprint density at radius 1 is 1.39 bits per heavy atom. The Balaban J connectivity index is 2.00. The molecular formula is C13H19N5. The summed E-state index contributed by atoms with van der Waals surface area (Å²) in [5.74, 6) is 1.16. The summed E-state index contributed by atoms with van der Waals surface area (Å²) in [6.07, 6.45) is 4.09. The fraction of sp³-hybridized carbons (Fsp3) is 0.538. The van der Waals surface area contributed by atoms with Gasteiger partial charge in [0.2, 0.25) is 0 Å². The fourth-order valence-corrected chi connectivity index (χ4v) is 2.68. The van der Waals surface area contributed by atoms with Gasteiger partial charge in [-0.25, -0.2) is 4.98 Å². The molecule has 5 heteroatoms. The number of nitrogens with one attached hydrogen (secondary N) is 1. The smallest absolute Gasteiger partial charge is 0.157 e. The van der Waals surface area contributed by atoms with E-state index >= 15 is 0 Å².